The van der Waals surface area contributed by atoms with Crippen LogP contribution in [0.1, 0.15) is 51.9 Å². The van der Waals surface area contributed by atoms with Crippen molar-refractivity contribution >= 4 is 19.8 Å². The molecule has 0 heterocycles. The van der Waals surface area contributed by atoms with Crippen LogP contribution in [0.4, 0.5) is 0 Å². The fourth-order valence-electron chi connectivity index (χ4n) is 1.39. The van der Waals surface area contributed by atoms with E-state index in [2.05, 4.69) is 18.7 Å². The van der Waals surface area contributed by atoms with Crippen LogP contribution in [0, 0.1) is 0 Å². The molecule has 14 heavy (non-hydrogen) atoms. The Hall–Kier alpha value is 0.375. The zero-order valence-electron chi connectivity index (χ0n) is 9.89. The van der Waals surface area contributed by atoms with Gasteiger partial charge in [0.05, 0.1) is 0 Å². The lowest BCUT2D eigenvalue weighted by Crippen LogP contribution is -1.92. The van der Waals surface area contributed by atoms with E-state index in [0.29, 0.717) is 0 Å². The Kier molecular flexibility index (Phi) is 13.7. The van der Waals surface area contributed by atoms with Crippen molar-refractivity contribution in [3.8, 4) is 0 Å². The van der Waals surface area contributed by atoms with Crippen LogP contribution in [0.25, 0.3) is 0 Å². The van der Waals surface area contributed by atoms with Gasteiger partial charge in [-0.25, -0.2) is 0 Å². The highest BCUT2D eigenvalue weighted by Crippen LogP contribution is 2.10. The second-order valence-corrected chi connectivity index (χ2v) is 4.95. The van der Waals surface area contributed by atoms with Gasteiger partial charge in [-0.15, -0.1) is 0 Å². The number of rotatable bonds is 11. The van der Waals surface area contributed by atoms with E-state index in [1.165, 1.54) is 56.5 Å². The Bertz CT molecular complexity index is 89.3. The lowest BCUT2D eigenvalue weighted by molar-refractivity contribution is 0.350. The van der Waals surface area contributed by atoms with Crippen molar-refractivity contribution in [1.82, 2.24) is 0 Å². The highest BCUT2D eigenvalue weighted by Gasteiger charge is 1.91. The number of hydrogen-bond donors (Lipinski definition) is 0. The Morgan fingerprint density at radius 1 is 0.929 bits per heavy atom. The third kappa shape index (κ3) is 12.4. The molecule has 0 atom stereocenters. The van der Waals surface area contributed by atoms with Crippen LogP contribution in [0.15, 0.2) is 0 Å². The normalized spacial score (nSPS) is 10.6. The van der Waals surface area contributed by atoms with Crippen LogP contribution in [0.2, 0.25) is 0 Å². The molecule has 84 valence electrons. The predicted molar refractivity (Wildman–Crippen MR) is 69.8 cm³/mol. The van der Waals surface area contributed by atoms with Crippen LogP contribution in [0.3, 0.4) is 0 Å². The topological polar surface area (TPSA) is 9.23 Å². The molecule has 0 saturated carbocycles. The fraction of sp³-hybridized carbons (Fsp3) is 1.00. The van der Waals surface area contributed by atoms with E-state index in [9.17, 15) is 0 Å². The molecule has 0 aromatic heterocycles. The predicted octanol–water partition coefficient (Wildman–Crippen LogP) is 3.03. The Morgan fingerprint density at radius 3 is 2.29 bits per heavy atom. The van der Waals surface area contributed by atoms with Gasteiger partial charge in [-0.2, -0.15) is 11.8 Å². The van der Waals surface area contributed by atoms with Crippen LogP contribution in [-0.4, -0.2) is 26.2 Å². The molecule has 3 heteroatoms. The lowest BCUT2D eigenvalue weighted by Gasteiger charge is -2.01. The number of hydrogen-bond acceptors (Lipinski definition) is 2. The average molecular weight is 216 g/mol. The van der Waals surface area contributed by atoms with Gasteiger partial charge in [0.15, 0.2) is 0 Å². The molecule has 0 fully saturated rings. The van der Waals surface area contributed by atoms with E-state index in [-0.39, 0.29) is 0 Å². The van der Waals surface area contributed by atoms with Gasteiger partial charge in [0.25, 0.3) is 8.05 Å². The third-order valence-electron chi connectivity index (χ3n) is 2.28. The van der Waals surface area contributed by atoms with Gasteiger partial charge >= 0.3 is 0 Å². The summed E-state index contributed by atoms with van der Waals surface area (Å²) < 4.78 is 5.00. The van der Waals surface area contributed by atoms with Crippen molar-refractivity contribution in [3.63, 3.8) is 0 Å². The fourth-order valence-corrected chi connectivity index (χ4v) is 2.33. The first-order chi connectivity index (χ1) is 6.91. The molecule has 0 rings (SSSR count). The van der Waals surface area contributed by atoms with E-state index >= 15 is 0 Å². The summed E-state index contributed by atoms with van der Waals surface area (Å²) in [7, 11) is 1.78. The van der Waals surface area contributed by atoms with E-state index in [4.69, 9.17) is 4.65 Å². The van der Waals surface area contributed by atoms with Crippen molar-refractivity contribution in [2.24, 2.45) is 0 Å². The summed E-state index contributed by atoms with van der Waals surface area (Å²) in [6.07, 6.45) is 9.68. The monoisotopic (exact) mass is 216 g/mol. The molecule has 0 aromatic rings. The quantitative estimate of drug-likeness (QED) is 0.388. The molecule has 0 amide bonds. The van der Waals surface area contributed by atoms with Crippen LogP contribution < -0.4 is 0 Å². The minimum absolute atomic E-state index is 0.920. The molecule has 0 aromatic carbocycles. The summed E-state index contributed by atoms with van der Waals surface area (Å²) in [5, 5.41) is 0. The number of unbranched alkanes of at least 4 members (excludes halogenated alkanes) is 5. The summed E-state index contributed by atoms with van der Waals surface area (Å²) in [6, 6.07) is 0. The summed E-state index contributed by atoms with van der Waals surface area (Å²) in [4.78, 5) is 0. The van der Waals surface area contributed by atoms with Crippen molar-refractivity contribution in [3.05, 3.63) is 0 Å². The molecule has 0 aliphatic carbocycles. The Morgan fingerprint density at radius 2 is 1.57 bits per heavy atom. The second-order valence-electron chi connectivity index (χ2n) is 3.73. The second kappa shape index (κ2) is 13.4. The van der Waals surface area contributed by atoms with Gasteiger partial charge in [0, 0.05) is 6.61 Å². The SMILES string of the molecule is BOCCCSCCCCCCCC. The highest BCUT2D eigenvalue weighted by atomic mass is 32.2. The van der Waals surface area contributed by atoms with E-state index in [0.717, 1.165) is 6.61 Å². The Balaban J connectivity index is 2.78. The highest BCUT2D eigenvalue weighted by molar-refractivity contribution is 7.99. The maximum absolute atomic E-state index is 5.00. The van der Waals surface area contributed by atoms with Gasteiger partial charge in [-0.05, 0) is 24.3 Å². The standard InChI is InChI=1S/C11H25BOS/c1-2-3-4-5-6-7-10-14-11-8-9-13-12/h2-12H2,1H3. The summed E-state index contributed by atoms with van der Waals surface area (Å²) in [5.41, 5.74) is 0. The smallest absolute Gasteiger partial charge is 0.257 e. The molecular formula is C11H25BOS. The molecule has 0 aliphatic heterocycles. The molecule has 0 bridgehead atoms. The first kappa shape index (κ1) is 14.4. The van der Waals surface area contributed by atoms with Crippen molar-refractivity contribution < 1.29 is 4.65 Å². The van der Waals surface area contributed by atoms with E-state index in [1.807, 2.05) is 0 Å². The maximum Gasteiger partial charge on any atom is 0.257 e. The molecule has 1 nitrogen and oxygen atoms in total. The average Bonchev–Trinajstić information content (AvgIpc) is 2.21. The van der Waals surface area contributed by atoms with Gasteiger partial charge in [-0.3, -0.25) is 0 Å². The maximum atomic E-state index is 5.00. The van der Waals surface area contributed by atoms with Crippen molar-refractivity contribution in [2.45, 2.75) is 51.9 Å². The van der Waals surface area contributed by atoms with Crippen molar-refractivity contribution in [2.75, 3.05) is 18.1 Å². The first-order valence-corrected chi connectivity index (χ1v) is 7.14. The summed E-state index contributed by atoms with van der Waals surface area (Å²) in [6.45, 7) is 3.19. The molecular weight excluding hydrogens is 191 g/mol. The van der Waals surface area contributed by atoms with Gasteiger partial charge < -0.3 is 4.65 Å². The van der Waals surface area contributed by atoms with Crippen molar-refractivity contribution in [1.29, 1.82) is 0 Å². The zero-order chi connectivity index (χ0) is 10.5. The molecule has 0 saturated heterocycles. The minimum atomic E-state index is 0.920. The molecule has 0 unspecified atom stereocenters. The zero-order valence-corrected chi connectivity index (χ0v) is 10.7. The minimum Gasteiger partial charge on any atom is -0.444 e. The summed E-state index contributed by atoms with van der Waals surface area (Å²) in [5.74, 6) is 2.61. The molecule has 0 N–H and O–H groups in total. The van der Waals surface area contributed by atoms with Crippen LogP contribution in [-0.2, 0) is 4.65 Å². The van der Waals surface area contributed by atoms with Crippen LogP contribution >= 0.6 is 11.8 Å². The largest absolute Gasteiger partial charge is 0.444 e. The molecule has 0 spiro atoms. The molecule has 0 aliphatic rings. The summed E-state index contributed by atoms with van der Waals surface area (Å²) >= 11 is 2.08. The van der Waals surface area contributed by atoms with E-state index in [1.54, 1.807) is 8.05 Å². The molecule has 0 radical (unpaired) electrons. The van der Waals surface area contributed by atoms with Gasteiger partial charge in [0.1, 0.15) is 0 Å². The Labute approximate surface area is 94.8 Å². The van der Waals surface area contributed by atoms with Gasteiger partial charge in [-0.1, -0.05) is 39.0 Å². The number of thioether (sulfide) groups is 1. The third-order valence-corrected chi connectivity index (χ3v) is 3.43. The first-order valence-electron chi connectivity index (χ1n) is 5.98. The van der Waals surface area contributed by atoms with Gasteiger partial charge in [0.2, 0.25) is 0 Å². The van der Waals surface area contributed by atoms with E-state index < -0.39 is 0 Å². The van der Waals surface area contributed by atoms with Crippen LogP contribution in [0.5, 0.6) is 0 Å². The lowest BCUT2D eigenvalue weighted by atomic mass is 10.1.